The molecule has 0 amide bonds. The van der Waals surface area contributed by atoms with Crippen LogP contribution in [0.5, 0.6) is 0 Å². The lowest BCUT2D eigenvalue weighted by atomic mass is 10.2. The Morgan fingerprint density at radius 2 is 0.955 bits per heavy atom. The standard InChI is InChI=1S/C10H18F4O6S2/c1-7(2)9(11,12)21(15,16)19-5-6-20-22(17,18)10(13,14)8(3)4/h7-8H,5-6H2,1-4H3. The van der Waals surface area contributed by atoms with E-state index in [4.69, 9.17) is 0 Å². The van der Waals surface area contributed by atoms with Crippen LogP contribution in [0.3, 0.4) is 0 Å². The maximum Gasteiger partial charge on any atom is 0.372 e. The van der Waals surface area contributed by atoms with Crippen molar-refractivity contribution in [3.63, 3.8) is 0 Å². The Kier molecular flexibility index (Phi) is 6.83. The topological polar surface area (TPSA) is 86.7 Å². The molecule has 12 heteroatoms. The van der Waals surface area contributed by atoms with Gasteiger partial charge in [-0.15, -0.1) is 0 Å². The molecule has 0 aromatic rings. The quantitative estimate of drug-likeness (QED) is 0.349. The molecule has 0 N–H and O–H groups in total. The number of hydrogen-bond donors (Lipinski definition) is 0. The second kappa shape index (κ2) is 6.97. The summed E-state index contributed by atoms with van der Waals surface area (Å²) in [6.45, 7) is 1.46. The van der Waals surface area contributed by atoms with Crippen LogP contribution in [0, 0.1) is 11.8 Å². The van der Waals surface area contributed by atoms with Crippen molar-refractivity contribution >= 4 is 20.2 Å². The first kappa shape index (κ1) is 21.5. The molecule has 0 aliphatic carbocycles. The predicted octanol–water partition coefficient (Wildman–Crippen LogP) is 2.18. The van der Waals surface area contributed by atoms with Crippen LogP contribution in [0.1, 0.15) is 27.7 Å². The van der Waals surface area contributed by atoms with Gasteiger partial charge >= 0.3 is 30.7 Å². The first-order valence-corrected chi connectivity index (χ1v) is 8.94. The Labute approximate surface area is 127 Å². The Morgan fingerprint density at radius 1 is 0.727 bits per heavy atom. The summed E-state index contributed by atoms with van der Waals surface area (Å²) in [7, 11) is -10.6. The first-order valence-electron chi connectivity index (χ1n) is 6.13. The molecule has 0 bridgehead atoms. The smallest absolute Gasteiger partial charge is 0.263 e. The molecule has 0 aliphatic rings. The largest absolute Gasteiger partial charge is 0.372 e. The fraction of sp³-hybridized carbons (Fsp3) is 1.00. The maximum absolute atomic E-state index is 13.3. The molecule has 0 aliphatic heterocycles. The summed E-state index contributed by atoms with van der Waals surface area (Å²) >= 11 is 0. The van der Waals surface area contributed by atoms with E-state index in [1.54, 1.807) is 0 Å². The van der Waals surface area contributed by atoms with Crippen LogP contribution in [0.4, 0.5) is 17.6 Å². The van der Waals surface area contributed by atoms with Crippen molar-refractivity contribution in [2.24, 2.45) is 11.8 Å². The van der Waals surface area contributed by atoms with Crippen molar-refractivity contribution in [3.05, 3.63) is 0 Å². The van der Waals surface area contributed by atoms with Crippen molar-refractivity contribution < 1.29 is 42.8 Å². The van der Waals surface area contributed by atoms with Crippen molar-refractivity contribution in [1.82, 2.24) is 0 Å². The van der Waals surface area contributed by atoms with Crippen molar-refractivity contribution in [2.75, 3.05) is 13.2 Å². The minimum Gasteiger partial charge on any atom is -0.263 e. The van der Waals surface area contributed by atoms with Gasteiger partial charge in [0.25, 0.3) is 0 Å². The fourth-order valence-corrected chi connectivity index (χ4v) is 3.07. The second-order valence-corrected chi connectivity index (χ2v) is 8.36. The second-order valence-electron chi connectivity index (χ2n) is 4.99. The van der Waals surface area contributed by atoms with E-state index in [-0.39, 0.29) is 0 Å². The van der Waals surface area contributed by atoms with E-state index in [9.17, 15) is 34.4 Å². The van der Waals surface area contributed by atoms with E-state index >= 15 is 0 Å². The highest BCUT2D eigenvalue weighted by molar-refractivity contribution is 7.88. The summed E-state index contributed by atoms with van der Waals surface area (Å²) in [5.74, 6) is -3.18. The van der Waals surface area contributed by atoms with Gasteiger partial charge in [-0.3, -0.25) is 8.37 Å². The van der Waals surface area contributed by atoms with E-state index in [0.717, 1.165) is 27.7 Å². The van der Waals surface area contributed by atoms with Gasteiger partial charge in [-0.05, 0) is 0 Å². The van der Waals surface area contributed by atoms with E-state index in [2.05, 4.69) is 8.37 Å². The zero-order valence-corrected chi connectivity index (χ0v) is 14.0. The van der Waals surface area contributed by atoms with Crippen molar-refractivity contribution in [2.45, 2.75) is 38.2 Å². The van der Waals surface area contributed by atoms with Gasteiger partial charge in [0.15, 0.2) is 0 Å². The van der Waals surface area contributed by atoms with Gasteiger partial charge in [-0.25, -0.2) is 0 Å². The van der Waals surface area contributed by atoms with Gasteiger partial charge in [0.05, 0.1) is 13.2 Å². The van der Waals surface area contributed by atoms with Crippen molar-refractivity contribution in [1.29, 1.82) is 0 Å². The number of alkyl halides is 4. The van der Waals surface area contributed by atoms with E-state index in [0.29, 0.717) is 0 Å². The molecular weight excluding hydrogens is 356 g/mol. The Bertz CT molecular complexity index is 516. The van der Waals surface area contributed by atoms with Crippen LogP contribution < -0.4 is 0 Å². The van der Waals surface area contributed by atoms with Gasteiger partial charge in [0.1, 0.15) is 0 Å². The Balaban J connectivity index is 4.71. The summed E-state index contributed by atoms with van der Waals surface area (Å²) in [6.07, 6.45) is 0. The zero-order chi connectivity index (χ0) is 18.0. The van der Waals surface area contributed by atoms with Crippen LogP contribution in [0.2, 0.25) is 0 Å². The molecule has 6 nitrogen and oxygen atoms in total. The third-order valence-electron chi connectivity index (χ3n) is 2.57. The SMILES string of the molecule is CC(C)C(F)(F)S(=O)(=O)OCCOS(=O)(=O)C(F)(F)C(C)C. The van der Waals surface area contributed by atoms with Crippen LogP contribution >= 0.6 is 0 Å². The Hall–Kier alpha value is -0.460. The number of rotatable bonds is 9. The molecule has 0 atom stereocenters. The van der Waals surface area contributed by atoms with Gasteiger partial charge in [-0.1, -0.05) is 27.7 Å². The molecule has 0 saturated heterocycles. The summed E-state index contributed by atoms with van der Waals surface area (Å²) in [4.78, 5) is 0. The van der Waals surface area contributed by atoms with Crippen LogP contribution in [0.15, 0.2) is 0 Å². The molecule has 0 aromatic carbocycles. The van der Waals surface area contributed by atoms with Crippen LogP contribution in [-0.4, -0.2) is 40.6 Å². The first-order chi connectivity index (χ1) is 9.59. The van der Waals surface area contributed by atoms with Crippen molar-refractivity contribution in [3.8, 4) is 0 Å². The average Bonchev–Trinajstić information content (AvgIpc) is 2.33. The Morgan fingerprint density at radius 3 is 1.14 bits per heavy atom. The normalized spacial score (nSPS) is 14.8. The lowest BCUT2D eigenvalue weighted by Crippen LogP contribution is -2.38. The highest BCUT2D eigenvalue weighted by atomic mass is 32.2. The molecule has 134 valence electrons. The maximum atomic E-state index is 13.3. The molecular formula is C10H18F4O6S2. The van der Waals surface area contributed by atoms with Gasteiger partial charge in [0, 0.05) is 11.8 Å². The minimum atomic E-state index is -5.32. The van der Waals surface area contributed by atoms with E-state index in [1.807, 2.05) is 0 Å². The van der Waals surface area contributed by atoms with Gasteiger partial charge in [-0.2, -0.15) is 34.4 Å². The predicted molar refractivity (Wildman–Crippen MR) is 69.3 cm³/mol. The minimum absolute atomic E-state index is 0.936. The highest BCUT2D eigenvalue weighted by Crippen LogP contribution is 2.33. The lowest BCUT2D eigenvalue weighted by Gasteiger charge is -2.21. The summed E-state index contributed by atoms with van der Waals surface area (Å²) in [5.41, 5.74) is 0. The zero-order valence-electron chi connectivity index (χ0n) is 12.3. The third kappa shape index (κ3) is 4.52. The molecule has 0 fully saturated rings. The number of hydrogen-bond acceptors (Lipinski definition) is 6. The van der Waals surface area contributed by atoms with Crippen LogP contribution in [0.25, 0.3) is 0 Å². The van der Waals surface area contributed by atoms with Gasteiger partial charge < -0.3 is 0 Å². The molecule has 0 unspecified atom stereocenters. The molecule has 0 rings (SSSR count). The molecule has 0 saturated carbocycles. The number of halogens is 4. The fourth-order valence-electron chi connectivity index (χ4n) is 1.02. The monoisotopic (exact) mass is 374 g/mol. The molecule has 0 radical (unpaired) electrons. The molecule has 0 heterocycles. The van der Waals surface area contributed by atoms with Crippen LogP contribution in [-0.2, 0) is 28.6 Å². The average molecular weight is 374 g/mol. The highest BCUT2D eigenvalue weighted by Gasteiger charge is 2.50. The summed E-state index contributed by atoms with van der Waals surface area (Å²) < 4.78 is 106. The summed E-state index contributed by atoms with van der Waals surface area (Å²) in [5, 5.41) is -8.40. The van der Waals surface area contributed by atoms with E-state index < -0.39 is 55.8 Å². The summed E-state index contributed by atoms with van der Waals surface area (Å²) in [6, 6.07) is 0. The third-order valence-corrected chi connectivity index (χ3v) is 5.80. The molecule has 0 aromatic heterocycles. The molecule has 22 heavy (non-hydrogen) atoms. The van der Waals surface area contributed by atoms with E-state index in [1.165, 1.54) is 0 Å². The van der Waals surface area contributed by atoms with Gasteiger partial charge in [0.2, 0.25) is 0 Å². The lowest BCUT2D eigenvalue weighted by molar-refractivity contribution is 0.0206. The molecule has 0 spiro atoms.